The third-order valence-corrected chi connectivity index (χ3v) is 5.38. The first-order valence-electron chi connectivity index (χ1n) is 9.70. The molecule has 1 aliphatic heterocycles. The minimum absolute atomic E-state index is 0.0134. The Morgan fingerprint density at radius 1 is 1.33 bits per heavy atom. The molecule has 1 fully saturated rings. The van der Waals surface area contributed by atoms with Crippen molar-refractivity contribution in [3.63, 3.8) is 0 Å². The molecule has 4 rings (SSSR count). The van der Waals surface area contributed by atoms with Gasteiger partial charge < -0.3 is 15.3 Å². The predicted molar refractivity (Wildman–Crippen MR) is 105 cm³/mol. The van der Waals surface area contributed by atoms with Crippen molar-refractivity contribution in [2.45, 2.75) is 31.8 Å². The average molecular weight is 418 g/mol. The van der Waals surface area contributed by atoms with Gasteiger partial charge in [-0.25, -0.2) is 17.7 Å². The summed E-state index contributed by atoms with van der Waals surface area (Å²) in [6.07, 6.45) is 4.02. The van der Waals surface area contributed by atoms with Gasteiger partial charge in [0.2, 0.25) is 0 Å². The van der Waals surface area contributed by atoms with E-state index in [1.807, 2.05) is 0 Å². The lowest BCUT2D eigenvalue weighted by atomic mass is 10.0. The number of pyridine rings is 1. The van der Waals surface area contributed by atoms with E-state index in [2.05, 4.69) is 10.4 Å². The van der Waals surface area contributed by atoms with Crippen LogP contribution in [0.4, 0.5) is 18.9 Å². The van der Waals surface area contributed by atoms with Crippen LogP contribution in [0.15, 0.2) is 36.7 Å². The summed E-state index contributed by atoms with van der Waals surface area (Å²) in [7, 11) is 0. The molecule has 0 aliphatic carbocycles. The number of aliphatic hydroxyl groups excluding tert-OH is 1. The number of rotatable bonds is 5. The second-order valence-corrected chi connectivity index (χ2v) is 7.44. The molecule has 30 heavy (non-hydrogen) atoms. The lowest BCUT2D eigenvalue weighted by Gasteiger charge is -2.28. The summed E-state index contributed by atoms with van der Waals surface area (Å²) in [4.78, 5) is 14.2. The van der Waals surface area contributed by atoms with Crippen LogP contribution in [0.1, 0.15) is 41.7 Å². The van der Waals surface area contributed by atoms with Crippen molar-refractivity contribution >= 4 is 17.1 Å². The Labute approximate surface area is 170 Å². The number of nitrogens with zero attached hydrogens (tertiary/aromatic N) is 3. The van der Waals surface area contributed by atoms with Crippen LogP contribution in [0.3, 0.4) is 0 Å². The topological polar surface area (TPSA) is 69.9 Å². The molecule has 2 aromatic heterocycles. The van der Waals surface area contributed by atoms with Crippen molar-refractivity contribution in [2.24, 2.45) is 0 Å². The van der Waals surface area contributed by atoms with Crippen LogP contribution in [0, 0.1) is 17.5 Å². The molecule has 0 bridgehead atoms. The lowest BCUT2D eigenvalue weighted by molar-refractivity contribution is 0.0923. The van der Waals surface area contributed by atoms with Crippen molar-refractivity contribution < 1.29 is 23.1 Å². The van der Waals surface area contributed by atoms with Crippen molar-refractivity contribution in [1.29, 1.82) is 0 Å². The maximum Gasteiger partial charge on any atom is 0.255 e. The van der Waals surface area contributed by atoms with Gasteiger partial charge in [-0.2, -0.15) is 5.10 Å². The molecule has 2 atom stereocenters. The highest BCUT2D eigenvalue weighted by atomic mass is 19.1. The van der Waals surface area contributed by atoms with Gasteiger partial charge in [-0.15, -0.1) is 0 Å². The number of carbonyl (C=O) groups excluding carboxylic acids is 1. The smallest absolute Gasteiger partial charge is 0.255 e. The number of benzene rings is 1. The third-order valence-electron chi connectivity index (χ3n) is 5.38. The SMILES string of the molecule is C[C@@H](CO)NC(=O)c1cnn2ccc(N3CCC[C@@H]3c3cc(F)ccc3F)c(F)c12. The third kappa shape index (κ3) is 3.49. The number of hydrogen-bond acceptors (Lipinski definition) is 4. The van der Waals surface area contributed by atoms with E-state index >= 15 is 4.39 Å². The molecule has 1 aliphatic rings. The highest BCUT2D eigenvalue weighted by molar-refractivity contribution is 6.01. The first-order valence-corrected chi connectivity index (χ1v) is 9.70. The molecular weight excluding hydrogens is 397 g/mol. The minimum Gasteiger partial charge on any atom is -0.394 e. The van der Waals surface area contributed by atoms with E-state index in [4.69, 9.17) is 5.11 Å². The van der Waals surface area contributed by atoms with Crippen LogP contribution in [0.25, 0.3) is 5.52 Å². The van der Waals surface area contributed by atoms with Crippen LogP contribution in [-0.2, 0) is 0 Å². The molecule has 6 nitrogen and oxygen atoms in total. The van der Waals surface area contributed by atoms with Gasteiger partial charge in [-0.3, -0.25) is 4.79 Å². The second-order valence-electron chi connectivity index (χ2n) is 7.44. The van der Waals surface area contributed by atoms with Gasteiger partial charge in [-0.05, 0) is 44.0 Å². The summed E-state index contributed by atoms with van der Waals surface area (Å²) < 4.78 is 44.9. The molecule has 0 unspecified atom stereocenters. The maximum absolute atomic E-state index is 15.6. The number of anilines is 1. The fourth-order valence-electron chi connectivity index (χ4n) is 3.91. The summed E-state index contributed by atoms with van der Waals surface area (Å²) in [6.45, 7) is 1.83. The average Bonchev–Trinajstić information content (AvgIpc) is 3.37. The Morgan fingerprint density at radius 3 is 2.90 bits per heavy atom. The summed E-state index contributed by atoms with van der Waals surface area (Å²) in [5.74, 6) is -2.32. The van der Waals surface area contributed by atoms with Gasteiger partial charge in [0, 0.05) is 24.3 Å². The lowest BCUT2D eigenvalue weighted by Crippen LogP contribution is -2.35. The number of aliphatic hydroxyl groups is 1. The second kappa shape index (κ2) is 7.98. The van der Waals surface area contributed by atoms with Crippen LogP contribution < -0.4 is 10.2 Å². The summed E-state index contributed by atoms with van der Waals surface area (Å²) in [5.41, 5.74) is 0.385. The van der Waals surface area contributed by atoms with Crippen molar-refractivity contribution in [3.05, 3.63) is 65.2 Å². The normalized spacial score (nSPS) is 17.5. The molecule has 158 valence electrons. The van der Waals surface area contributed by atoms with E-state index in [-0.39, 0.29) is 28.9 Å². The van der Waals surface area contributed by atoms with Crippen molar-refractivity contribution in [3.8, 4) is 0 Å². The van der Waals surface area contributed by atoms with E-state index in [0.29, 0.717) is 19.4 Å². The zero-order chi connectivity index (χ0) is 21.4. The molecular formula is C21H21F3N4O2. The van der Waals surface area contributed by atoms with E-state index in [0.717, 1.165) is 18.2 Å². The zero-order valence-electron chi connectivity index (χ0n) is 16.3. The first kappa shape index (κ1) is 20.2. The van der Waals surface area contributed by atoms with Gasteiger partial charge in [0.05, 0.1) is 30.1 Å². The van der Waals surface area contributed by atoms with Crippen molar-refractivity contribution in [2.75, 3.05) is 18.1 Å². The Balaban J connectivity index is 1.75. The van der Waals surface area contributed by atoms with Gasteiger partial charge in [0.15, 0.2) is 5.82 Å². The first-order chi connectivity index (χ1) is 14.4. The molecule has 1 amide bonds. The Bertz CT molecular complexity index is 1100. The van der Waals surface area contributed by atoms with Gasteiger partial charge in [0.1, 0.15) is 17.2 Å². The zero-order valence-corrected chi connectivity index (χ0v) is 16.3. The molecule has 0 saturated carbocycles. The molecule has 2 N–H and O–H groups in total. The minimum atomic E-state index is -0.666. The van der Waals surface area contributed by atoms with E-state index in [1.165, 1.54) is 23.0 Å². The summed E-state index contributed by atoms with van der Waals surface area (Å²) in [5, 5.41) is 15.7. The number of fused-ring (bicyclic) bond motifs is 1. The number of aromatic nitrogens is 2. The monoisotopic (exact) mass is 418 g/mol. The predicted octanol–water partition coefficient (Wildman–Crippen LogP) is 3.20. The van der Waals surface area contributed by atoms with Crippen LogP contribution in [-0.4, -0.2) is 39.8 Å². The fraction of sp³-hybridized carbons (Fsp3) is 0.333. The van der Waals surface area contributed by atoms with Gasteiger partial charge in [-0.1, -0.05) is 0 Å². The Kier molecular flexibility index (Phi) is 5.38. The van der Waals surface area contributed by atoms with Crippen LogP contribution in [0.5, 0.6) is 0 Å². The summed E-state index contributed by atoms with van der Waals surface area (Å²) >= 11 is 0. The highest BCUT2D eigenvalue weighted by Gasteiger charge is 2.32. The fourth-order valence-corrected chi connectivity index (χ4v) is 3.91. The van der Waals surface area contributed by atoms with Crippen LogP contribution >= 0.6 is 0 Å². The van der Waals surface area contributed by atoms with Crippen LogP contribution in [0.2, 0.25) is 0 Å². The quantitative estimate of drug-likeness (QED) is 0.668. The molecule has 3 heterocycles. The molecule has 0 spiro atoms. The number of halogens is 3. The number of carbonyl (C=O) groups is 1. The summed E-state index contributed by atoms with van der Waals surface area (Å²) in [6, 6.07) is 3.76. The molecule has 1 saturated heterocycles. The Morgan fingerprint density at radius 2 is 2.13 bits per heavy atom. The number of amides is 1. The van der Waals surface area contributed by atoms with E-state index in [9.17, 15) is 13.6 Å². The molecule has 9 heteroatoms. The van der Waals surface area contributed by atoms with Crippen molar-refractivity contribution in [1.82, 2.24) is 14.9 Å². The van der Waals surface area contributed by atoms with E-state index in [1.54, 1.807) is 11.8 Å². The number of nitrogens with one attached hydrogen (secondary N) is 1. The largest absolute Gasteiger partial charge is 0.394 e. The van der Waals surface area contributed by atoms with E-state index < -0.39 is 35.4 Å². The van der Waals surface area contributed by atoms with Gasteiger partial charge in [0.25, 0.3) is 5.91 Å². The Hall–Kier alpha value is -3.07. The maximum atomic E-state index is 15.6. The highest BCUT2D eigenvalue weighted by Crippen LogP contribution is 2.39. The molecule has 1 aromatic carbocycles. The standard InChI is InChI=1S/C21H21F3N4O2/c1-12(11-29)26-21(30)15-10-25-28-8-6-18(19(24)20(15)28)27-7-2-3-17(27)14-9-13(22)4-5-16(14)23/h4-6,8-10,12,17,29H,2-3,7,11H2,1H3,(H,26,30)/t12-,17+/m0/s1. The molecule has 3 aromatic rings. The van der Waals surface area contributed by atoms with Gasteiger partial charge >= 0.3 is 0 Å². The molecule has 0 radical (unpaired) electrons. The number of hydrogen-bond donors (Lipinski definition) is 2.